The van der Waals surface area contributed by atoms with E-state index in [9.17, 15) is 14.0 Å². The second kappa shape index (κ2) is 12.5. The van der Waals surface area contributed by atoms with E-state index in [0.717, 1.165) is 42.6 Å². The number of rotatable bonds is 12. The van der Waals surface area contributed by atoms with Gasteiger partial charge < -0.3 is 9.47 Å². The van der Waals surface area contributed by atoms with Gasteiger partial charge >= 0.3 is 0 Å². The average molecular weight is 508 g/mol. The predicted molar refractivity (Wildman–Crippen MR) is 128 cm³/mol. The lowest BCUT2D eigenvalue weighted by Gasteiger charge is -2.20. The molecule has 0 saturated carbocycles. The van der Waals surface area contributed by atoms with Gasteiger partial charge in [-0.3, -0.25) is 5.73 Å². The summed E-state index contributed by atoms with van der Waals surface area (Å²) in [5.41, 5.74) is 8.51. The number of hydrogen-bond acceptors (Lipinski definition) is 7. The van der Waals surface area contributed by atoms with Crippen molar-refractivity contribution in [1.29, 1.82) is 0 Å². The molecular formula is C25H30ClNO6S. The number of halogens is 1. The number of nitrogens with two attached hydrogens (primary N) is 1. The molecule has 7 nitrogen and oxygen atoms in total. The molecule has 1 heterocycles. The highest BCUT2D eigenvalue weighted by Gasteiger charge is 2.30. The fraction of sp³-hybridized carbons (Fsp3) is 0.320. The highest BCUT2D eigenvalue weighted by molar-refractivity contribution is 8.20. The normalized spacial score (nSPS) is 16.2. The molecule has 0 fully saturated rings. The van der Waals surface area contributed by atoms with Crippen molar-refractivity contribution in [2.75, 3.05) is 13.2 Å². The lowest BCUT2D eigenvalue weighted by Crippen LogP contribution is -2.60. The van der Waals surface area contributed by atoms with Crippen molar-refractivity contribution in [3.63, 3.8) is 0 Å². The topological polar surface area (TPSA) is 123 Å². The first-order chi connectivity index (χ1) is 16.3. The molecule has 1 aliphatic heterocycles. The van der Waals surface area contributed by atoms with Crippen molar-refractivity contribution in [3.05, 3.63) is 71.8 Å². The highest BCUT2D eigenvalue weighted by atomic mass is 35.7. The summed E-state index contributed by atoms with van der Waals surface area (Å²) < 4.78 is 50.4. The van der Waals surface area contributed by atoms with E-state index < -0.39 is 21.0 Å². The average Bonchev–Trinajstić information content (AvgIpc) is 2.81. The molecule has 2 N–H and O–H groups in total. The summed E-state index contributed by atoms with van der Waals surface area (Å²) in [4.78, 5) is 0.635. The largest absolute Gasteiger partial charge is 0.494 e. The zero-order chi connectivity index (χ0) is 24.6. The second-order valence-corrected chi connectivity index (χ2v) is 10.4. The van der Waals surface area contributed by atoms with Gasteiger partial charge in [-0.15, -0.1) is 0 Å². The van der Waals surface area contributed by atoms with Crippen LogP contribution in [0.1, 0.15) is 50.7 Å². The van der Waals surface area contributed by atoms with Crippen molar-refractivity contribution in [1.82, 2.24) is 0 Å². The molecule has 0 spiro atoms. The van der Waals surface area contributed by atoms with Gasteiger partial charge in [0.25, 0.3) is 0 Å². The van der Waals surface area contributed by atoms with Gasteiger partial charge in [-0.25, -0.2) is 0 Å². The molecule has 0 saturated heterocycles. The standard InChI is InChI=1S/C25H30ClNO6S/c1-3-5-15-31-22-11-7-19(8-12-22)21-17-24(34(25(27)18-21)33-26(28,29)30)20-9-13-23(14-10-20)32-16-6-4-2/h7-14,17-18H,3-6,15-16,27H2,1-2H3. The molecule has 0 amide bonds. The molecule has 0 bridgehead atoms. The molecule has 1 unspecified atom stereocenters. The third kappa shape index (κ3) is 7.68. The van der Waals surface area contributed by atoms with E-state index in [-0.39, 0.29) is 4.99 Å². The maximum atomic E-state index is 11.4. The third-order valence-corrected chi connectivity index (χ3v) is 7.42. The molecule has 2 aromatic carbocycles. The van der Waals surface area contributed by atoms with Crippen molar-refractivity contribution in [2.24, 2.45) is 5.73 Å². The van der Waals surface area contributed by atoms with Crippen molar-refractivity contribution in [3.8, 4) is 11.5 Å². The molecule has 184 valence electrons. The Morgan fingerprint density at radius 1 is 0.765 bits per heavy atom. The summed E-state index contributed by atoms with van der Waals surface area (Å²) in [7, 11) is -6.23. The molecule has 1 atom stereocenters. The van der Waals surface area contributed by atoms with Crippen LogP contribution in [0, 0.1) is 10.2 Å². The van der Waals surface area contributed by atoms with Crippen LogP contribution in [-0.4, -0.2) is 18.2 Å². The van der Waals surface area contributed by atoms with Crippen molar-refractivity contribution >= 4 is 26.2 Å². The van der Waals surface area contributed by atoms with Gasteiger partial charge in [0.15, 0.2) is 10.8 Å². The smallest absolute Gasteiger partial charge is 0.158 e. The lowest BCUT2D eigenvalue weighted by atomic mass is 10.0. The van der Waals surface area contributed by atoms with E-state index in [4.69, 9.17) is 18.9 Å². The van der Waals surface area contributed by atoms with Crippen LogP contribution in [0.3, 0.4) is 0 Å². The molecule has 0 aliphatic carbocycles. The predicted octanol–water partition coefficient (Wildman–Crippen LogP) is 2.67. The molecule has 0 radical (unpaired) electrons. The summed E-state index contributed by atoms with van der Waals surface area (Å²) in [6.45, 7) is 5.47. The molecule has 1 aliphatic rings. The molecule has 9 heteroatoms. The third-order valence-electron chi connectivity index (χ3n) is 5.00. The van der Waals surface area contributed by atoms with Crippen LogP contribution in [0.4, 0.5) is 0 Å². The van der Waals surface area contributed by atoms with Crippen LogP contribution >= 0.6 is 10.8 Å². The van der Waals surface area contributed by atoms with E-state index in [1.165, 1.54) is 0 Å². The minimum Gasteiger partial charge on any atom is -0.494 e. The molecule has 34 heavy (non-hydrogen) atoms. The van der Waals surface area contributed by atoms with Gasteiger partial charge in [-0.05, 0) is 66.0 Å². The van der Waals surface area contributed by atoms with Crippen LogP contribution in [0.5, 0.6) is 11.5 Å². The number of allylic oxidation sites excluding steroid dienone is 2. The summed E-state index contributed by atoms with van der Waals surface area (Å²) in [6.07, 6.45) is 7.44. The van der Waals surface area contributed by atoms with Gasteiger partial charge in [0.2, 0.25) is 0 Å². The first-order valence-electron chi connectivity index (χ1n) is 11.2. The first-order valence-corrected chi connectivity index (χ1v) is 13.6. The maximum absolute atomic E-state index is 11.4. The van der Waals surface area contributed by atoms with E-state index in [1.54, 1.807) is 36.4 Å². The van der Waals surface area contributed by atoms with Gasteiger partial charge in [0.1, 0.15) is 15.2 Å². The van der Waals surface area contributed by atoms with Gasteiger partial charge in [0, 0.05) is 0 Å². The second-order valence-electron chi connectivity index (χ2n) is 7.67. The zero-order valence-corrected chi connectivity index (χ0v) is 20.9. The molecule has 3 rings (SSSR count). The Balaban J connectivity index is 1.91. The van der Waals surface area contributed by atoms with Gasteiger partial charge in [0.05, 0.1) is 33.4 Å². The van der Waals surface area contributed by atoms with Crippen LogP contribution in [0.2, 0.25) is 0 Å². The minimum absolute atomic E-state index is 0.144. The number of ether oxygens (including phenoxy) is 2. The zero-order valence-electron chi connectivity index (χ0n) is 19.3. The Kier molecular flexibility index (Phi) is 9.73. The Labute approximate surface area is 205 Å². The Bertz CT molecular complexity index is 1040. The number of unbranched alkanes of at least 4 members (excludes halogenated alkanes) is 2. The summed E-state index contributed by atoms with van der Waals surface area (Å²) >= 11 is 0. The quantitative estimate of drug-likeness (QED) is 0.346. The van der Waals surface area contributed by atoms with E-state index in [1.807, 2.05) is 24.3 Å². The van der Waals surface area contributed by atoms with E-state index in [0.29, 0.717) is 29.4 Å². The molecule has 2 aromatic rings. The van der Waals surface area contributed by atoms with Crippen LogP contribution < -0.4 is 29.2 Å². The van der Waals surface area contributed by atoms with Crippen molar-refractivity contribution < 1.29 is 37.4 Å². The van der Waals surface area contributed by atoms with Crippen LogP contribution in [0.15, 0.2) is 60.7 Å². The van der Waals surface area contributed by atoms with Crippen LogP contribution in [-0.2, 0) is 3.74 Å². The van der Waals surface area contributed by atoms with Crippen molar-refractivity contribution in [2.45, 2.75) is 39.5 Å². The highest BCUT2D eigenvalue weighted by Crippen LogP contribution is 2.43. The summed E-state index contributed by atoms with van der Waals surface area (Å²) in [6, 6.07) is 14.8. The van der Waals surface area contributed by atoms with Gasteiger partial charge in [-0.2, -0.15) is 14.0 Å². The number of benzene rings is 2. The summed E-state index contributed by atoms with van der Waals surface area (Å²) in [5, 5.41) is 0. The molecule has 0 aromatic heterocycles. The first kappa shape index (κ1) is 26.4. The van der Waals surface area contributed by atoms with Crippen LogP contribution in [0.25, 0.3) is 10.5 Å². The Morgan fingerprint density at radius 2 is 1.26 bits per heavy atom. The maximum Gasteiger partial charge on any atom is 0.158 e. The monoisotopic (exact) mass is 507 g/mol. The van der Waals surface area contributed by atoms with E-state index in [2.05, 4.69) is 13.8 Å². The number of hydrogen-bond donors (Lipinski definition) is 1. The lowest BCUT2D eigenvalue weighted by molar-refractivity contribution is -1.91. The summed E-state index contributed by atoms with van der Waals surface area (Å²) in [5.74, 6) is 1.48. The van der Waals surface area contributed by atoms with Gasteiger partial charge in [-0.1, -0.05) is 51.0 Å². The fourth-order valence-corrected chi connectivity index (χ4v) is 5.45. The van der Waals surface area contributed by atoms with E-state index >= 15 is 0 Å². The Hall–Kier alpha value is -2.17. The minimum atomic E-state index is -4.67. The Morgan fingerprint density at radius 3 is 1.74 bits per heavy atom. The fourth-order valence-electron chi connectivity index (χ4n) is 3.20. The SMILES string of the molecule is CCCCOc1ccc(C2=CC(N)=S(O[Cl+3]([O-])([O-])[O-])C(c3ccc(OCCCC)cc3)=C2)cc1. The molecular weight excluding hydrogens is 478 g/mol.